The van der Waals surface area contributed by atoms with Crippen LogP contribution in [0.4, 0.5) is 0 Å². The number of nitrogens with one attached hydrogen (secondary N) is 1. The molecule has 310 valence electrons. The summed E-state index contributed by atoms with van der Waals surface area (Å²) < 4.78 is 16.5. The zero-order valence-corrected chi connectivity index (χ0v) is 33.4. The molecular formula is C42H77NO10. The average molecular weight is 756 g/mol. The Labute approximate surface area is 321 Å². The Balaban J connectivity index is 2.71. The molecule has 0 bridgehead atoms. The molecule has 1 rings (SSSR count). The van der Waals surface area contributed by atoms with E-state index in [1.807, 2.05) is 6.08 Å². The highest BCUT2D eigenvalue weighted by Gasteiger charge is 2.44. The standard InChI is InChI=1S/C42H77NO10/c1-4-6-8-10-12-14-16-18-19-21-23-25-27-29-35(46)34(32-51-42-40(49)39(48)38(47)37(31-44)53-42)43-41(50)36(52-33(3)45)30-28-26-24-22-20-17-15-13-11-9-7-5-2/h19,21,27,29,34-40,42,44,46-49H,4-18,20,22-26,28,30-32H2,1-3H3,(H,43,50)/b21-19-,29-27+/t34-,35+,36+,37+,38+,39-,40+,42+/m0/s1. The van der Waals surface area contributed by atoms with E-state index in [2.05, 4.69) is 31.3 Å². The van der Waals surface area contributed by atoms with Gasteiger partial charge in [-0.1, -0.05) is 147 Å². The van der Waals surface area contributed by atoms with Crippen molar-refractivity contribution < 1.29 is 49.3 Å². The lowest BCUT2D eigenvalue weighted by Gasteiger charge is -2.40. The van der Waals surface area contributed by atoms with Crippen molar-refractivity contribution in [1.29, 1.82) is 0 Å². The van der Waals surface area contributed by atoms with Gasteiger partial charge in [-0.25, -0.2) is 0 Å². The minimum atomic E-state index is -1.63. The summed E-state index contributed by atoms with van der Waals surface area (Å²) in [6, 6.07) is -1.03. The average Bonchev–Trinajstić information content (AvgIpc) is 3.14. The molecule has 0 aliphatic carbocycles. The van der Waals surface area contributed by atoms with Gasteiger partial charge < -0.3 is 45.1 Å². The molecule has 0 spiro atoms. The van der Waals surface area contributed by atoms with Crippen LogP contribution in [0.2, 0.25) is 0 Å². The fraction of sp³-hybridized carbons (Fsp3) is 0.857. The molecule has 0 aromatic carbocycles. The van der Waals surface area contributed by atoms with E-state index in [9.17, 15) is 35.1 Å². The molecule has 8 atom stereocenters. The van der Waals surface area contributed by atoms with Gasteiger partial charge in [0.25, 0.3) is 5.91 Å². The third-order valence-corrected chi connectivity index (χ3v) is 9.92. The van der Waals surface area contributed by atoms with Crippen LogP contribution < -0.4 is 5.32 Å². The highest BCUT2D eigenvalue weighted by atomic mass is 16.7. The molecule has 1 aliphatic rings. The fourth-order valence-corrected chi connectivity index (χ4v) is 6.54. The molecule has 1 amide bonds. The van der Waals surface area contributed by atoms with Gasteiger partial charge in [0.1, 0.15) is 24.4 Å². The Bertz CT molecular complexity index is 960. The normalized spacial score (nSPS) is 22.3. The van der Waals surface area contributed by atoms with E-state index in [0.29, 0.717) is 19.3 Å². The van der Waals surface area contributed by atoms with E-state index in [1.165, 1.54) is 103 Å². The number of aliphatic hydroxyl groups is 5. The van der Waals surface area contributed by atoms with Crippen LogP contribution in [-0.2, 0) is 23.8 Å². The van der Waals surface area contributed by atoms with E-state index in [-0.39, 0.29) is 6.61 Å². The maximum Gasteiger partial charge on any atom is 0.303 e. The number of unbranched alkanes of at least 4 members (excludes halogenated alkanes) is 19. The minimum absolute atomic E-state index is 0.334. The van der Waals surface area contributed by atoms with E-state index >= 15 is 0 Å². The van der Waals surface area contributed by atoms with Crippen LogP contribution in [0.3, 0.4) is 0 Å². The maximum absolute atomic E-state index is 13.4. The third-order valence-electron chi connectivity index (χ3n) is 9.92. The Morgan fingerprint density at radius 3 is 1.75 bits per heavy atom. The van der Waals surface area contributed by atoms with E-state index in [1.54, 1.807) is 6.08 Å². The Hall–Kier alpha value is -1.86. The number of ether oxygens (including phenoxy) is 3. The quantitative estimate of drug-likeness (QED) is 0.0240. The van der Waals surface area contributed by atoms with Gasteiger partial charge in [0.2, 0.25) is 0 Å². The van der Waals surface area contributed by atoms with Gasteiger partial charge in [-0.15, -0.1) is 0 Å². The third kappa shape index (κ3) is 23.6. The zero-order valence-electron chi connectivity index (χ0n) is 33.4. The molecule has 1 heterocycles. The molecule has 0 aromatic rings. The van der Waals surface area contributed by atoms with Crippen LogP contribution in [0.15, 0.2) is 24.3 Å². The monoisotopic (exact) mass is 756 g/mol. The van der Waals surface area contributed by atoms with Gasteiger partial charge in [0.15, 0.2) is 12.4 Å². The summed E-state index contributed by atoms with van der Waals surface area (Å²) in [5.74, 6) is -1.16. The number of amides is 1. The molecular weight excluding hydrogens is 678 g/mol. The van der Waals surface area contributed by atoms with Crippen molar-refractivity contribution in [1.82, 2.24) is 5.32 Å². The van der Waals surface area contributed by atoms with Crippen molar-refractivity contribution in [2.75, 3.05) is 13.2 Å². The number of carbonyl (C=O) groups is 2. The van der Waals surface area contributed by atoms with Gasteiger partial charge in [0, 0.05) is 6.92 Å². The fourth-order valence-electron chi connectivity index (χ4n) is 6.54. The first-order valence-electron chi connectivity index (χ1n) is 21.1. The molecule has 11 heteroatoms. The summed E-state index contributed by atoms with van der Waals surface area (Å²) in [4.78, 5) is 25.4. The smallest absolute Gasteiger partial charge is 0.303 e. The minimum Gasteiger partial charge on any atom is -0.452 e. The van der Waals surface area contributed by atoms with Crippen LogP contribution in [-0.4, -0.2) is 99.6 Å². The predicted octanol–water partition coefficient (Wildman–Crippen LogP) is 6.70. The van der Waals surface area contributed by atoms with Crippen molar-refractivity contribution in [3.63, 3.8) is 0 Å². The molecule has 11 nitrogen and oxygen atoms in total. The summed E-state index contributed by atoms with van der Waals surface area (Å²) in [6.45, 7) is 4.75. The molecule has 1 fully saturated rings. The molecule has 53 heavy (non-hydrogen) atoms. The van der Waals surface area contributed by atoms with Crippen molar-refractivity contribution in [2.24, 2.45) is 0 Å². The lowest BCUT2D eigenvalue weighted by atomic mass is 9.99. The predicted molar refractivity (Wildman–Crippen MR) is 209 cm³/mol. The zero-order chi connectivity index (χ0) is 39.1. The Kier molecular flexibility index (Phi) is 30.0. The number of hydrogen-bond donors (Lipinski definition) is 6. The number of aliphatic hydroxyl groups excluding tert-OH is 5. The summed E-state index contributed by atoms with van der Waals surface area (Å²) in [7, 11) is 0. The highest BCUT2D eigenvalue weighted by molar-refractivity contribution is 5.83. The summed E-state index contributed by atoms with van der Waals surface area (Å²) in [5.41, 5.74) is 0. The number of allylic oxidation sites excluding steroid dienone is 3. The molecule has 1 aliphatic heterocycles. The van der Waals surface area contributed by atoms with Crippen LogP contribution >= 0.6 is 0 Å². The van der Waals surface area contributed by atoms with E-state index in [0.717, 1.165) is 32.1 Å². The second-order valence-corrected chi connectivity index (χ2v) is 14.8. The summed E-state index contributed by atoms with van der Waals surface area (Å²) in [5, 5.41) is 54.2. The van der Waals surface area contributed by atoms with Crippen LogP contribution in [0.25, 0.3) is 0 Å². The second kappa shape index (κ2) is 32.4. The van der Waals surface area contributed by atoms with Crippen LogP contribution in [0.5, 0.6) is 0 Å². The Morgan fingerprint density at radius 2 is 1.21 bits per heavy atom. The first-order chi connectivity index (χ1) is 25.7. The molecule has 0 radical (unpaired) electrons. The summed E-state index contributed by atoms with van der Waals surface area (Å²) in [6.07, 6.45) is 23.8. The molecule has 0 saturated carbocycles. The topological polar surface area (TPSA) is 175 Å². The largest absolute Gasteiger partial charge is 0.452 e. The first-order valence-corrected chi connectivity index (χ1v) is 21.1. The van der Waals surface area contributed by atoms with Gasteiger partial charge in [-0.3, -0.25) is 9.59 Å². The van der Waals surface area contributed by atoms with Gasteiger partial charge in [-0.05, 0) is 38.5 Å². The van der Waals surface area contributed by atoms with E-state index in [4.69, 9.17) is 14.2 Å². The Morgan fingerprint density at radius 1 is 0.698 bits per heavy atom. The van der Waals surface area contributed by atoms with Gasteiger partial charge >= 0.3 is 5.97 Å². The van der Waals surface area contributed by atoms with Crippen LogP contribution in [0, 0.1) is 0 Å². The van der Waals surface area contributed by atoms with Crippen molar-refractivity contribution in [3.8, 4) is 0 Å². The first kappa shape index (κ1) is 49.2. The lowest BCUT2D eigenvalue weighted by molar-refractivity contribution is -0.302. The van der Waals surface area contributed by atoms with Gasteiger partial charge in [0.05, 0.1) is 25.4 Å². The molecule has 0 unspecified atom stereocenters. The van der Waals surface area contributed by atoms with Crippen molar-refractivity contribution in [3.05, 3.63) is 24.3 Å². The molecule has 1 saturated heterocycles. The molecule has 0 aromatic heterocycles. The molecule has 6 N–H and O–H groups in total. The second-order valence-electron chi connectivity index (χ2n) is 14.8. The number of carbonyl (C=O) groups excluding carboxylic acids is 2. The van der Waals surface area contributed by atoms with Crippen molar-refractivity contribution in [2.45, 2.75) is 217 Å². The maximum atomic E-state index is 13.4. The SMILES string of the molecule is CCCCCCCCC/C=C\CC/C=C/[C@@H](O)[C@H](CO[C@@H]1O[C@H](CO)[C@@H](O)[C@H](O)[C@H]1O)NC(=O)[C@@H](CCCCCCCCCCCCCC)OC(C)=O. The highest BCUT2D eigenvalue weighted by Crippen LogP contribution is 2.23. The van der Waals surface area contributed by atoms with E-state index < -0.39 is 67.4 Å². The summed E-state index contributed by atoms with van der Waals surface area (Å²) >= 11 is 0. The van der Waals surface area contributed by atoms with Crippen LogP contribution in [0.1, 0.15) is 168 Å². The number of esters is 1. The van der Waals surface area contributed by atoms with Crippen molar-refractivity contribution >= 4 is 11.9 Å². The lowest BCUT2D eigenvalue weighted by Crippen LogP contribution is -2.60. The number of hydrogen-bond acceptors (Lipinski definition) is 10. The van der Waals surface area contributed by atoms with Gasteiger partial charge in [-0.2, -0.15) is 0 Å². The number of rotatable bonds is 33.